The topological polar surface area (TPSA) is 80.5 Å². The number of hydrogen-bond donors (Lipinski definition) is 0. The van der Waals surface area contributed by atoms with Gasteiger partial charge in [0.25, 0.3) is 5.69 Å². The molecule has 2 aromatic carbocycles. The van der Waals surface area contributed by atoms with Crippen LogP contribution in [0.4, 0.5) is 5.69 Å². The quantitative estimate of drug-likeness (QED) is 0.625. The van der Waals surface area contributed by atoms with Gasteiger partial charge in [-0.25, -0.2) is 8.42 Å². The Bertz CT molecular complexity index is 807. The summed E-state index contributed by atoms with van der Waals surface area (Å²) < 4.78 is 27.0. The Balaban J connectivity index is 1.93. The number of nitro benzene ring substituents is 1. The molecule has 3 rings (SSSR count). The lowest BCUT2D eigenvalue weighted by Gasteiger charge is -2.23. The Labute approximate surface area is 138 Å². The van der Waals surface area contributed by atoms with Crippen LogP contribution in [-0.4, -0.2) is 29.9 Å². The van der Waals surface area contributed by atoms with Crippen molar-refractivity contribution in [1.29, 1.82) is 0 Å². The minimum atomic E-state index is -3.58. The number of non-ortho nitro benzene ring substituents is 1. The first-order valence-corrected chi connectivity index (χ1v) is 9.42. The van der Waals surface area contributed by atoms with Crippen LogP contribution in [0.5, 0.6) is 0 Å². The monoisotopic (exact) mass is 350 g/mol. The van der Waals surface area contributed by atoms with Crippen LogP contribution in [0.2, 0.25) is 0 Å². The van der Waals surface area contributed by atoms with Crippen molar-refractivity contribution in [3.05, 3.63) is 70.3 Å². The van der Waals surface area contributed by atoms with Gasteiger partial charge in [0.1, 0.15) is 0 Å². The van der Waals surface area contributed by atoms with E-state index in [0.717, 1.165) is 5.56 Å². The first kappa shape index (κ1) is 16.0. The molecule has 1 saturated heterocycles. The van der Waals surface area contributed by atoms with Gasteiger partial charge in [-0.15, -0.1) is 11.8 Å². The van der Waals surface area contributed by atoms with Crippen LogP contribution in [0.1, 0.15) is 10.9 Å². The van der Waals surface area contributed by atoms with Crippen LogP contribution in [0.25, 0.3) is 0 Å². The first-order valence-electron chi connectivity index (χ1n) is 6.93. The Kier molecular flexibility index (Phi) is 4.38. The second kappa shape index (κ2) is 6.31. The third kappa shape index (κ3) is 3.10. The third-order valence-electron chi connectivity index (χ3n) is 3.59. The van der Waals surface area contributed by atoms with Crippen molar-refractivity contribution in [3.63, 3.8) is 0 Å². The maximum atomic E-state index is 12.8. The van der Waals surface area contributed by atoms with Gasteiger partial charge < -0.3 is 0 Å². The van der Waals surface area contributed by atoms with Crippen molar-refractivity contribution >= 4 is 27.5 Å². The van der Waals surface area contributed by atoms with E-state index >= 15 is 0 Å². The van der Waals surface area contributed by atoms with Crippen molar-refractivity contribution in [3.8, 4) is 0 Å². The summed E-state index contributed by atoms with van der Waals surface area (Å²) in [5.74, 6) is 0.688. The third-order valence-corrected chi connectivity index (χ3v) is 6.86. The molecule has 0 radical (unpaired) electrons. The second-order valence-electron chi connectivity index (χ2n) is 5.00. The van der Waals surface area contributed by atoms with Crippen molar-refractivity contribution in [1.82, 2.24) is 4.31 Å². The van der Waals surface area contributed by atoms with Crippen LogP contribution >= 0.6 is 11.8 Å². The van der Waals surface area contributed by atoms with E-state index < -0.39 is 14.9 Å². The fourth-order valence-electron chi connectivity index (χ4n) is 2.45. The van der Waals surface area contributed by atoms with Crippen molar-refractivity contribution in [2.75, 3.05) is 12.3 Å². The van der Waals surface area contributed by atoms with Gasteiger partial charge in [-0.05, 0) is 29.8 Å². The lowest BCUT2D eigenvalue weighted by molar-refractivity contribution is -0.384. The Morgan fingerprint density at radius 2 is 1.74 bits per heavy atom. The van der Waals surface area contributed by atoms with Gasteiger partial charge in [-0.3, -0.25) is 10.1 Å². The Morgan fingerprint density at radius 3 is 2.35 bits per heavy atom. The molecular formula is C15H14N2O4S2. The van der Waals surface area contributed by atoms with Crippen LogP contribution in [-0.2, 0) is 10.0 Å². The zero-order valence-electron chi connectivity index (χ0n) is 12.0. The van der Waals surface area contributed by atoms with Crippen LogP contribution in [0.15, 0.2) is 59.5 Å². The Hall–Kier alpha value is -1.90. The molecule has 0 unspecified atom stereocenters. The molecule has 8 heteroatoms. The van der Waals surface area contributed by atoms with Crippen LogP contribution < -0.4 is 0 Å². The van der Waals surface area contributed by atoms with Gasteiger partial charge in [0.2, 0.25) is 10.0 Å². The van der Waals surface area contributed by atoms with E-state index in [1.807, 2.05) is 0 Å². The zero-order chi connectivity index (χ0) is 16.4. The van der Waals surface area contributed by atoms with Crippen molar-refractivity contribution < 1.29 is 13.3 Å². The predicted octanol–water partition coefficient (Wildman–Crippen LogP) is 3.03. The summed E-state index contributed by atoms with van der Waals surface area (Å²) in [4.78, 5) is 10.5. The molecule has 1 heterocycles. The summed E-state index contributed by atoms with van der Waals surface area (Å²) in [5.41, 5.74) is 0.742. The standard InChI is InChI=1S/C15H14N2O4S2/c18-17(19)13-8-6-12(7-9-13)15-16(10-11-22-15)23(20,21)14-4-2-1-3-5-14/h1-9,15H,10-11H2/t15-/m0/s1. The average molecular weight is 350 g/mol. The van der Waals surface area contributed by atoms with Crippen molar-refractivity contribution in [2.24, 2.45) is 0 Å². The summed E-state index contributed by atoms with van der Waals surface area (Å²) in [5, 5.41) is 10.4. The van der Waals surface area contributed by atoms with E-state index in [2.05, 4.69) is 0 Å². The molecule has 1 aliphatic heterocycles. The Morgan fingerprint density at radius 1 is 1.09 bits per heavy atom. The summed E-state index contributed by atoms with van der Waals surface area (Å²) in [6.07, 6.45) is 0. The highest BCUT2D eigenvalue weighted by molar-refractivity contribution is 8.01. The van der Waals surface area contributed by atoms with Gasteiger partial charge in [-0.1, -0.05) is 18.2 Å². The number of benzene rings is 2. The van der Waals surface area contributed by atoms with E-state index in [0.29, 0.717) is 12.3 Å². The first-order chi connectivity index (χ1) is 11.0. The second-order valence-corrected chi connectivity index (χ2v) is 8.08. The van der Waals surface area contributed by atoms with Gasteiger partial charge in [0, 0.05) is 24.4 Å². The van der Waals surface area contributed by atoms with Crippen molar-refractivity contribution in [2.45, 2.75) is 10.3 Å². The number of nitrogens with zero attached hydrogens (tertiary/aromatic N) is 2. The lowest BCUT2D eigenvalue weighted by atomic mass is 10.2. The number of rotatable bonds is 4. The van der Waals surface area contributed by atoms with Gasteiger partial charge in [0.15, 0.2) is 0 Å². The molecule has 0 amide bonds. The maximum Gasteiger partial charge on any atom is 0.269 e. The molecule has 0 aromatic heterocycles. The normalized spacial score (nSPS) is 18.9. The number of thioether (sulfide) groups is 1. The summed E-state index contributed by atoms with van der Waals surface area (Å²) in [6.45, 7) is 0.420. The van der Waals surface area contributed by atoms with E-state index in [1.165, 1.54) is 28.2 Å². The molecule has 23 heavy (non-hydrogen) atoms. The molecule has 0 aliphatic carbocycles. The molecule has 0 spiro atoms. The fraction of sp³-hybridized carbons (Fsp3) is 0.200. The zero-order valence-corrected chi connectivity index (χ0v) is 13.7. The number of hydrogen-bond acceptors (Lipinski definition) is 5. The van der Waals surface area contributed by atoms with Crippen LogP contribution in [0, 0.1) is 10.1 Å². The summed E-state index contributed by atoms with van der Waals surface area (Å²) in [6, 6.07) is 14.3. The minimum Gasteiger partial charge on any atom is -0.258 e. The lowest BCUT2D eigenvalue weighted by Crippen LogP contribution is -2.30. The maximum absolute atomic E-state index is 12.8. The minimum absolute atomic E-state index is 0.00536. The van der Waals surface area contributed by atoms with Gasteiger partial charge >= 0.3 is 0 Å². The molecule has 6 nitrogen and oxygen atoms in total. The molecule has 120 valence electrons. The molecule has 2 aromatic rings. The van der Waals surface area contributed by atoms with Gasteiger partial charge in [-0.2, -0.15) is 4.31 Å². The highest BCUT2D eigenvalue weighted by Crippen LogP contribution is 2.41. The smallest absolute Gasteiger partial charge is 0.258 e. The van der Waals surface area contributed by atoms with E-state index in [1.54, 1.807) is 42.5 Å². The highest BCUT2D eigenvalue weighted by atomic mass is 32.2. The number of nitro groups is 1. The fourth-order valence-corrected chi connectivity index (χ4v) is 5.71. The molecule has 0 saturated carbocycles. The van der Waals surface area contributed by atoms with Crippen LogP contribution in [0.3, 0.4) is 0 Å². The average Bonchev–Trinajstić information content (AvgIpc) is 3.06. The molecule has 1 fully saturated rings. The molecule has 0 bridgehead atoms. The molecule has 0 N–H and O–H groups in total. The van der Waals surface area contributed by atoms with E-state index in [-0.39, 0.29) is 16.0 Å². The van der Waals surface area contributed by atoms with E-state index in [9.17, 15) is 18.5 Å². The molecule has 1 aliphatic rings. The predicted molar refractivity (Wildman–Crippen MR) is 88.6 cm³/mol. The summed E-state index contributed by atoms with van der Waals surface area (Å²) >= 11 is 1.52. The molecular weight excluding hydrogens is 336 g/mol. The number of sulfonamides is 1. The van der Waals surface area contributed by atoms with Gasteiger partial charge in [0.05, 0.1) is 15.2 Å². The largest absolute Gasteiger partial charge is 0.269 e. The highest BCUT2D eigenvalue weighted by Gasteiger charge is 2.36. The molecule has 1 atom stereocenters. The van der Waals surface area contributed by atoms with E-state index in [4.69, 9.17) is 0 Å². The SMILES string of the molecule is O=[N+]([O-])c1ccc([C@@H]2SCCN2S(=O)(=O)c2ccccc2)cc1. The summed E-state index contributed by atoms with van der Waals surface area (Å²) in [7, 11) is -3.58.